The van der Waals surface area contributed by atoms with E-state index in [0.717, 1.165) is 0 Å². The smallest absolute Gasteiger partial charge is 0.388 e. The summed E-state index contributed by atoms with van der Waals surface area (Å²) in [5, 5.41) is 35.6. The van der Waals surface area contributed by atoms with E-state index < -0.39 is 46.4 Å². The second kappa shape index (κ2) is 6.34. The molecule has 0 rings (SSSR count). The zero-order chi connectivity index (χ0) is 12.9. The first-order valence-corrected chi connectivity index (χ1v) is 5.93. The quantitative estimate of drug-likeness (QED) is 0.221. The third kappa shape index (κ3) is 5.60. The second-order valence-electron chi connectivity index (χ2n) is 3.01. The van der Waals surface area contributed by atoms with E-state index in [4.69, 9.17) is 34.8 Å². The topological polar surface area (TPSA) is 168 Å². The van der Waals surface area contributed by atoms with Crippen molar-refractivity contribution in [3.63, 3.8) is 0 Å². The van der Waals surface area contributed by atoms with Gasteiger partial charge in [0.1, 0.15) is 24.9 Å². The van der Waals surface area contributed by atoms with E-state index >= 15 is 0 Å². The van der Waals surface area contributed by atoms with Crippen LogP contribution in [0.2, 0.25) is 0 Å². The SMILES string of the molecule is O=C(CO)[C@@H](O)[C@H](O)[C@H](O)CO[Si](O)(O)O. The predicted octanol–water partition coefficient (Wildman–Crippen LogP) is -4.94. The van der Waals surface area contributed by atoms with E-state index in [0.29, 0.717) is 0 Å². The molecule has 0 unspecified atom stereocenters. The van der Waals surface area contributed by atoms with Crippen LogP contribution in [0.3, 0.4) is 0 Å². The third-order valence-corrected chi connectivity index (χ3v) is 2.21. The fourth-order valence-electron chi connectivity index (χ4n) is 0.790. The largest absolute Gasteiger partial charge is 0.671 e. The lowest BCUT2D eigenvalue weighted by Gasteiger charge is -2.22. The van der Waals surface area contributed by atoms with Gasteiger partial charge in [-0.15, -0.1) is 0 Å². The second-order valence-corrected chi connectivity index (χ2v) is 4.45. The molecule has 0 amide bonds. The maximum absolute atomic E-state index is 10.7. The molecule has 0 aliphatic carbocycles. The fraction of sp³-hybridized carbons (Fsp3) is 0.833. The number of carbonyl (C=O) groups excluding carboxylic acids is 1. The summed E-state index contributed by atoms with van der Waals surface area (Å²) in [6, 6.07) is 0. The number of carbonyl (C=O) groups is 1. The molecule has 0 heterocycles. The molecule has 0 radical (unpaired) electrons. The third-order valence-electron chi connectivity index (χ3n) is 1.65. The first-order chi connectivity index (χ1) is 7.19. The Kier molecular flexibility index (Phi) is 6.17. The molecule has 10 heteroatoms. The molecule has 9 nitrogen and oxygen atoms in total. The molecular formula is C6H14O9Si. The van der Waals surface area contributed by atoms with Gasteiger partial charge in [-0.05, 0) is 0 Å². The molecule has 0 fully saturated rings. The van der Waals surface area contributed by atoms with E-state index in [2.05, 4.69) is 4.43 Å². The summed E-state index contributed by atoms with van der Waals surface area (Å²) in [4.78, 5) is 35.9. The number of hydrogen-bond acceptors (Lipinski definition) is 9. The van der Waals surface area contributed by atoms with Gasteiger partial charge in [-0.3, -0.25) is 4.79 Å². The lowest BCUT2D eigenvalue weighted by Crippen LogP contribution is -2.48. The summed E-state index contributed by atoms with van der Waals surface area (Å²) >= 11 is 0. The molecule has 0 saturated heterocycles. The standard InChI is InChI=1S/C6H14O9Si/c7-1-3(8)5(10)6(11)4(9)2-15-16(12,13)14/h4-7,9-14H,1-2H2/t4-,5-,6-/m1/s1. The van der Waals surface area contributed by atoms with Crippen LogP contribution >= 0.6 is 0 Å². The summed E-state index contributed by atoms with van der Waals surface area (Å²) in [6.45, 7) is -1.92. The molecule has 0 bridgehead atoms. The average molecular weight is 258 g/mol. The first-order valence-electron chi connectivity index (χ1n) is 4.18. The number of rotatable bonds is 7. The Hall–Kier alpha value is -0.433. The summed E-state index contributed by atoms with van der Waals surface area (Å²) in [5.74, 6) is -1.12. The average Bonchev–Trinajstić information content (AvgIpc) is 2.21. The van der Waals surface area contributed by atoms with Crippen molar-refractivity contribution in [2.75, 3.05) is 13.2 Å². The number of Topliss-reactive ketones (excluding diaryl/α,β-unsaturated/α-hetero) is 1. The monoisotopic (exact) mass is 258 g/mol. The van der Waals surface area contributed by atoms with E-state index in [9.17, 15) is 4.79 Å². The highest BCUT2D eigenvalue weighted by molar-refractivity contribution is 6.48. The molecule has 0 aliphatic rings. The Bertz CT molecular complexity index is 227. The van der Waals surface area contributed by atoms with Crippen LogP contribution in [0, 0.1) is 0 Å². The van der Waals surface area contributed by atoms with E-state index in [1.54, 1.807) is 0 Å². The summed E-state index contributed by atoms with van der Waals surface area (Å²) in [5.41, 5.74) is 0. The molecule has 16 heavy (non-hydrogen) atoms. The van der Waals surface area contributed by atoms with Crippen molar-refractivity contribution in [2.24, 2.45) is 0 Å². The van der Waals surface area contributed by atoms with Crippen LogP contribution in [0.25, 0.3) is 0 Å². The number of aliphatic hydroxyl groups excluding tert-OH is 4. The highest BCUT2D eigenvalue weighted by atomic mass is 28.4. The fourth-order valence-corrected chi connectivity index (χ4v) is 1.18. The van der Waals surface area contributed by atoms with Gasteiger partial charge in [0, 0.05) is 0 Å². The van der Waals surface area contributed by atoms with Crippen LogP contribution in [0.1, 0.15) is 0 Å². The minimum Gasteiger partial charge on any atom is -0.388 e. The van der Waals surface area contributed by atoms with Crippen LogP contribution in [-0.4, -0.2) is 81.2 Å². The molecule has 0 spiro atoms. The number of aliphatic hydroxyl groups is 4. The van der Waals surface area contributed by atoms with Crippen LogP contribution in [-0.2, 0) is 9.22 Å². The zero-order valence-electron chi connectivity index (χ0n) is 8.09. The molecule has 0 saturated carbocycles. The lowest BCUT2D eigenvalue weighted by molar-refractivity contribution is -0.143. The van der Waals surface area contributed by atoms with Crippen molar-refractivity contribution < 1.29 is 44.0 Å². The predicted molar refractivity (Wildman–Crippen MR) is 48.5 cm³/mol. The highest BCUT2D eigenvalue weighted by Gasteiger charge is 2.35. The van der Waals surface area contributed by atoms with Crippen LogP contribution in [0.4, 0.5) is 0 Å². The minimum absolute atomic E-state index is 0.896. The maximum atomic E-state index is 10.7. The Labute approximate surface area is 91.3 Å². The van der Waals surface area contributed by atoms with Gasteiger partial charge in [-0.1, -0.05) is 0 Å². The Morgan fingerprint density at radius 2 is 1.69 bits per heavy atom. The molecule has 0 aromatic heterocycles. The molecule has 7 N–H and O–H groups in total. The molecule has 3 atom stereocenters. The summed E-state index contributed by atoms with van der Waals surface area (Å²) in [6.07, 6.45) is -5.84. The van der Waals surface area contributed by atoms with E-state index in [-0.39, 0.29) is 0 Å². The van der Waals surface area contributed by atoms with E-state index in [1.807, 2.05) is 0 Å². The molecular weight excluding hydrogens is 244 g/mol. The van der Waals surface area contributed by atoms with Crippen molar-refractivity contribution >= 4 is 14.8 Å². The van der Waals surface area contributed by atoms with E-state index in [1.165, 1.54) is 0 Å². The van der Waals surface area contributed by atoms with Crippen molar-refractivity contribution in [3.05, 3.63) is 0 Å². The molecule has 96 valence electrons. The van der Waals surface area contributed by atoms with Crippen LogP contribution in [0.5, 0.6) is 0 Å². The molecule has 0 aromatic carbocycles. The summed E-state index contributed by atoms with van der Waals surface area (Å²) < 4.78 is 3.99. The maximum Gasteiger partial charge on any atom is 0.671 e. The van der Waals surface area contributed by atoms with Gasteiger partial charge in [-0.2, -0.15) is 0 Å². The Balaban J connectivity index is 4.17. The van der Waals surface area contributed by atoms with Crippen molar-refractivity contribution in [2.45, 2.75) is 18.3 Å². The van der Waals surface area contributed by atoms with Gasteiger partial charge in [0.25, 0.3) is 0 Å². The normalized spacial score (nSPS) is 17.9. The van der Waals surface area contributed by atoms with Crippen LogP contribution in [0.15, 0.2) is 0 Å². The van der Waals surface area contributed by atoms with Crippen LogP contribution < -0.4 is 0 Å². The number of ketones is 1. The van der Waals surface area contributed by atoms with Gasteiger partial charge >= 0.3 is 9.05 Å². The molecule has 0 aromatic rings. The number of hydrogen-bond donors (Lipinski definition) is 7. The van der Waals surface area contributed by atoms with Crippen molar-refractivity contribution in [1.29, 1.82) is 0 Å². The van der Waals surface area contributed by atoms with Gasteiger partial charge in [0.2, 0.25) is 0 Å². The van der Waals surface area contributed by atoms with Gasteiger partial charge < -0.3 is 39.2 Å². The lowest BCUT2D eigenvalue weighted by atomic mass is 10.1. The first kappa shape index (κ1) is 15.6. The summed E-state index contributed by atoms with van der Waals surface area (Å²) in [7, 11) is -4.82. The zero-order valence-corrected chi connectivity index (χ0v) is 9.09. The Morgan fingerprint density at radius 3 is 2.06 bits per heavy atom. The molecule has 0 aliphatic heterocycles. The van der Waals surface area contributed by atoms with Gasteiger partial charge in [0.15, 0.2) is 5.78 Å². The van der Waals surface area contributed by atoms with Crippen molar-refractivity contribution in [3.8, 4) is 0 Å². The van der Waals surface area contributed by atoms with Gasteiger partial charge in [0.05, 0.1) is 6.61 Å². The van der Waals surface area contributed by atoms with Crippen molar-refractivity contribution in [1.82, 2.24) is 0 Å². The Morgan fingerprint density at radius 1 is 1.19 bits per heavy atom. The van der Waals surface area contributed by atoms with Gasteiger partial charge in [-0.25, -0.2) is 0 Å². The minimum atomic E-state index is -4.82. The highest BCUT2D eigenvalue weighted by Crippen LogP contribution is 2.04.